The summed E-state index contributed by atoms with van der Waals surface area (Å²) in [4.78, 5) is 16.4. The molecule has 0 spiro atoms. The lowest BCUT2D eigenvalue weighted by Crippen LogP contribution is -2.26. The van der Waals surface area contributed by atoms with Crippen LogP contribution in [0.4, 0.5) is 0 Å². The summed E-state index contributed by atoms with van der Waals surface area (Å²) < 4.78 is 1.13. The topological polar surface area (TPSA) is 42.0 Å². The molecule has 2 unspecified atom stereocenters. The lowest BCUT2D eigenvalue weighted by Gasteiger charge is -2.05. The zero-order chi connectivity index (χ0) is 14.9. The molecular weight excluding hydrogens is 363 g/mol. The molecule has 0 bridgehead atoms. The smallest absolute Gasteiger partial charge is 0.224 e. The number of hydrogen-bond acceptors (Lipinski definition) is 2. The van der Waals surface area contributed by atoms with Gasteiger partial charge in [-0.25, -0.2) is 0 Å². The van der Waals surface area contributed by atoms with Gasteiger partial charge >= 0.3 is 0 Å². The number of carbonyl (C=O) groups excluding carboxylic acids is 1. The van der Waals surface area contributed by atoms with Gasteiger partial charge in [-0.1, -0.05) is 37.0 Å². The van der Waals surface area contributed by atoms with Gasteiger partial charge in [0.15, 0.2) is 0 Å². The van der Waals surface area contributed by atoms with E-state index in [2.05, 4.69) is 26.2 Å². The van der Waals surface area contributed by atoms with Crippen molar-refractivity contribution in [3.8, 4) is 0 Å². The molecule has 0 saturated heterocycles. The van der Waals surface area contributed by atoms with Gasteiger partial charge in [0.05, 0.1) is 18.2 Å². The van der Waals surface area contributed by atoms with E-state index in [1.54, 1.807) is 12.3 Å². The first-order valence-electron chi connectivity index (χ1n) is 6.23. The Balaban J connectivity index is 1.93. The fraction of sp³-hybridized carbons (Fsp3) is 0.429. The molecule has 1 aliphatic rings. The van der Waals surface area contributed by atoms with Crippen molar-refractivity contribution in [1.82, 2.24) is 10.3 Å². The van der Waals surface area contributed by atoms with Gasteiger partial charge in [0, 0.05) is 10.7 Å². The fourth-order valence-corrected chi connectivity index (χ4v) is 2.93. The second-order valence-corrected chi connectivity index (χ2v) is 7.39. The molecule has 20 heavy (non-hydrogen) atoms. The molecule has 1 aromatic heterocycles. The van der Waals surface area contributed by atoms with Gasteiger partial charge in [-0.2, -0.15) is 0 Å². The number of rotatable bonds is 4. The summed E-state index contributed by atoms with van der Waals surface area (Å²) in [5.74, 6) is 0.00591. The number of carbonyl (C=O) groups is 1. The zero-order valence-electron chi connectivity index (χ0n) is 11.2. The maximum Gasteiger partial charge on any atom is 0.224 e. The van der Waals surface area contributed by atoms with Gasteiger partial charge in [0.25, 0.3) is 0 Å². The van der Waals surface area contributed by atoms with Gasteiger partial charge in [-0.15, -0.1) is 0 Å². The normalized spacial score (nSPS) is 23.1. The Morgan fingerprint density at radius 2 is 2.20 bits per heavy atom. The van der Waals surface area contributed by atoms with E-state index in [4.69, 9.17) is 23.2 Å². The van der Waals surface area contributed by atoms with Crippen LogP contribution in [0.1, 0.15) is 19.5 Å². The van der Waals surface area contributed by atoms with Gasteiger partial charge in [-0.3, -0.25) is 9.78 Å². The van der Waals surface area contributed by atoms with E-state index >= 15 is 0 Å². The Labute approximate surface area is 136 Å². The maximum absolute atomic E-state index is 12.2. The Morgan fingerprint density at radius 3 is 2.75 bits per heavy atom. The van der Waals surface area contributed by atoms with E-state index in [-0.39, 0.29) is 27.6 Å². The SMILES string of the molecule is CC1(C)C(C=C(Cl)Cl)C1C(=O)NCc1ccc(Br)cn1. The molecule has 2 rings (SSSR count). The Morgan fingerprint density at radius 1 is 1.50 bits per heavy atom. The van der Waals surface area contributed by atoms with Crippen molar-refractivity contribution in [2.75, 3.05) is 0 Å². The molecule has 3 nitrogen and oxygen atoms in total. The molecule has 1 N–H and O–H groups in total. The predicted molar refractivity (Wildman–Crippen MR) is 84.3 cm³/mol. The molecule has 1 amide bonds. The first kappa shape index (κ1) is 15.8. The molecule has 1 saturated carbocycles. The highest BCUT2D eigenvalue weighted by Gasteiger charge is 2.60. The number of amides is 1. The second kappa shape index (κ2) is 6.04. The molecule has 1 heterocycles. The minimum Gasteiger partial charge on any atom is -0.350 e. The molecule has 0 radical (unpaired) electrons. The summed E-state index contributed by atoms with van der Waals surface area (Å²) in [5.41, 5.74) is 0.717. The molecule has 0 aliphatic heterocycles. The minimum atomic E-state index is -0.105. The second-order valence-electron chi connectivity index (χ2n) is 5.47. The summed E-state index contributed by atoms with van der Waals surface area (Å²) in [7, 11) is 0. The average Bonchev–Trinajstić information content (AvgIpc) is 2.89. The predicted octanol–water partition coefficient (Wildman–Crippen LogP) is 4.05. The molecule has 2 atom stereocenters. The van der Waals surface area contributed by atoms with Crippen LogP contribution in [-0.2, 0) is 11.3 Å². The van der Waals surface area contributed by atoms with Crippen molar-refractivity contribution in [3.63, 3.8) is 0 Å². The van der Waals surface area contributed by atoms with Gasteiger partial charge < -0.3 is 5.32 Å². The molecule has 1 aromatic rings. The summed E-state index contributed by atoms with van der Waals surface area (Å²) in [5, 5.41) is 2.91. The standard InChI is InChI=1S/C14H15BrCl2N2O/c1-14(2)10(5-11(16)17)12(14)13(20)19-7-9-4-3-8(15)6-18-9/h3-6,10,12H,7H2,1-2H3,(H,19,20). The van der Waals surface area contributed by atoms with Crippen molar-refractivity contribution in [2.24, 2.45) is 17.3 Å². The largest absolute Gasteiger partial charge is 0.350 e. The zero-order valence-corrected chi connectivity index (χ0v) is 14.3. The van der Waals surface area contributed by atoms with Crippen LogP contribution in [0.25, 0.3) is 0 Å². The lowest BCUT2D eigenvalue weighted by atomic mass is 10.1. The first-order valence-corrected chi connectivity index (χ1v) is 7.78. The van der Waals surface area contributed by atoms with Crippen LogP contribution in [0.15, 0.2) is 33.4 Å². The van der Waals surface area contributed by atoms with E-state index in [1.807, 2.05) is 26.0 Å². The van der Waals surface area contributed by atoms with E-state index < -0.39 is 0 Å². The van der Waals surface area contributed by atoms with E-state index in [0.29, 0.717) is 6.54 Å². The number of allylic oxidation sites excluding steroid dienone is 1. The van der Waals surface area contributed by atoms with Crippen LogP contribution >= 0.6 is 39.1 Å². The molecule has 0 aromatic carbocycles. The summed E-state index contributed by atoms with van der Waals surface area (Å²) in [6, 6.07) is 3.77. The number of nitrogens with zero attached hydrogens (tertiary/aromatic N) is 1. The summed E-state index contributed by atoms with van der Waals surface area (Å²) >= 11 is 14.7. The Bertz CT molecular complexity index is 539. The van der Waals surface area contributed by atoms with Crippen LogP contribution in [0, 0.1) is 17.3 Å². The summed E-state index contributed by atoms with van der Waals surface area (Å²) in [6.45, 7) is 4.49. The van der Waals surface area contributed by atoms with E-state index in [0.717, 1.165) is 10.2 Å². The maximum atomic E-state index is 12.2. The quantitative estimate of drug-likeness (QED) is 0.859. The fourth-order valence-electron chi connectivity index (χ4n) is 2.42. The Hall–Kier alpha value is -0.580. The third-order valence-electron chi connectivity index (χ3n) is 3.73. The van der Waals surface area contributed by atoms with Crippen molar-refractivity contribution in [2.45, 2.75) is 20.4 Å². The third-order valence-corrected chi connectivity index (χ3v) is 4.45. The molecular formula is C14H15BrCl2N2O. The van der Waals surface area contributed by atoms with Crippen molar-refractivity contribution in [1.29, 1.82) is 0 Å². The van der Waals surface area contributed by atoms with Crippen LogP contribution in [-0.4, -0.2) is 10.9 Å². The third kappa shape index (κ3) is 3.54. The van der Waals surface area contributed by atoms with Gasteiger partial charge in [0.2, 0.25) is 5.91 Å². The number of pyridine rings is 1. The lowest BCUT2D eigenvalue weighted by molar-refractivity contribution is -0.123. The van der Waals surface area contributed by atoms with Crippen LogP contribution < -0.4 is 5.32 Å². The monoisotopic (exact) mass is 376 g/mol. The molecule has 1 aliphatic carbocycles. The van der Waals surface area contributed by atoms with E-state index in [9.17, 15) is 4.79 Å². The first-order chi connectivity index (χ1) is 9.32. The van der Waals surface area contributed by atoms with Crippen molar-refractivity contribution in [3.05, 3.63) is 39.1 Å². The average molecular weight is 378 g/mol. The number of nitrogens with one attached hydrogen (secondary N) is 1. The minimum absolute atomic E-state index is 0.00977. The number of hydrogen-bond donors (Lipinski definition) is 1. The molecule has 1 fully saturated rings. The highest BCUT2D eigenvalue weighted by Crippen LogP contribution is 2.59. The van der Waals surface area contributed by atoms with Crippen LogP contribution in [0.2, 0.25) is 0 Å². The van der Waals surface area contributed by atoms with Crippen LogP contribution in [0.3, 0.4) is 0 Å². The highest BCUT2D eigenvalue weighted by atomic mass is 79.9. The number of aromatic nitrogens is 1. The molecule has 6 heteroatoms. The van der Waals surface area contributed by atoms with Gasteiger partial charge in [0.1, 0.15) is 4.49 Å². The van der Waals surface area contributed by atoms with Crippen molar-refractivity contribution < 1.29 is 4.79 Å². The van der Waals surface area contributed by atoms with E-state index in [1.165, 1.54) is 0 Å². The van der Waals surface area contributed by atoms with Crippen molar-refractivity contribution >= 4 is 45.0 Å². The number of halogens is 3. The highest BCUT2D eigenvalue weighted by molar-refractivity contribution is 9.10. The molecule has 108 valence electrons. The Kier molecular flexibility index (Phi) is 4.77. The van der Waals surface area contributed by atoms with Crippen LogP contribution in [0.5, 0.6) is 0 Å². The summed E-state index contributed by atoms with van der Waals surface area (Å²) in [6.07, 6.45) is 3.45. The van der Waals surface area contributed by atoms with Gasteiger partial charge in [-0.05, 0) is 45.5 Å².